The fourth-order valence-corrected chi connectivity index (χ4v) is 5.54. The van der Waals surface area contributed by atoms with Crippen LogP contribution >= 0.6 is 23.7 Å². The van der Waals surface area contributed by atoms with E-state index >= 15 is 0 Å². The fourth-order valence-electron chi connectivity index (χ4n) is 4.54. The number of ether oxygens (including phenoxy) is 2. The summed E-state index contributed by atoms with van der Waals surface area (Å²) in [5.74, 6) is 0.515. The largest absolute Gasteiger partial charge is 0.492 e. The summed E-state index contributed by atoms with van der Waals surface area (Å²) in [5, 5.41) is 0.642. The zero-order valence-electron chi connectivity index (χ0n) is 21.9. The number of para-hydroxylation sites is 1. The van der Waals surface area contributed by atoms with Crippen LogP contribution in [0.4, 0.5) is 5.13 Å². The van der Waals surface area contributed by atoms with Gasteiger partial charge in [0.05, 0.1) is 24.5 Å². The number of hydrogen-bond acceptors (Lipinski definition) is 7. The van der Waals surface area contributed by atoms with Crippen LogP contribution in [-0.4, -0.2) is 67.6 Å². The van der Waals surface area contributed by atoms with Gasteiger partial charge in [-0.3, -0.25) is 19.4 Å². The molecule has 1 saturated heterocycles. The van der Waals surface area contributed by atoms with E-state index in [2.05, 4.69) is 4.90 Å². The highest BCUT2D eigenvalue weighted by Crippen LogP contribution is 2.35. The molecule has 1 aliphatic rings. The molecule has 3 aromatic carbocycles. The molecule has 0 bridgehead atoms. The molecule has 9 heteroatoms. The Kier molecular flexibility index (Phi) is 10.1. The van der Waals surface area contributed by atoms with E-state index in [1.807, 2.05) is 43.3 Å². The lowest BCUT2D eigenvalue weighted by Crippen LogP contribution is -2.39. The predicted octanol–water partition coefficient (Wildman–Crippen LogP) is 5.72. The van der Waals surface area contributed by atoms with Gasteiger partial charge < -0.3 is 9.47 Å². The monoisotopic (exact) mass is 565 g/mol. The maximum atomic E-state index is 13.8. The lowest BCUT2D eigenvalue weighted by Gasteiger charge is -2.27. The molecule has 1 aromatic heterocycles. The first-order valence-electron chi connectivity index (χ1n) is 13.0. The topological polar surface area (TPSA) is 72.0 Å². The molecule has 4 aromatic rings. The molecule has 0 aliphatic carbocycles. The minimum absolute atomic E-state index is 0. The number of amides is 1. The highest BCUT2D eigenvalue weighted by atomic mass is 35.5. The Hall–Kier alpha value is -3.30. The normalized spacial score (nSPS) is 13.6. The first-order valence-corrected chi connectivity index (χ1v) is 13.8. The van der Waals surface area contributed by atoms with Gasteiger partial charge in [-0.05, 0) is 37.6 Å². The van der Waals surface area contributed by atoms with Gasteiger partial charge in [0, 0.05) is 42.9 Å². The van der Waals surface area contributed by atoms with Gasteiger partial charge in [0.1, 0.15) is 11.3 Å². The summed E-state index contributed by atoms with van der Waals surface area (Å²) in [6.07, 6.45) is 0.810. The van der Waals surface area contributed by atoms with Crippen LogP contribution < -0.4 is 9.64 Å². The Morgan fingerprint density at radius 2 is 1.64 bits per heavy atom. The van der Waals surface area contributed by atoms with Crippen molar-refractivity contribution in [2.75, 3.05) is 50.9 Å². The average Bonchev–Trinajstić information content (AvgIpc) is 3.41. The maximum Gasteiger partial charge on any atom is 0.260 e. The molecule has 5 rings (SSSR count). The highest BCUT2D eigenvalue weighted by Gasteiger charge is 2.23. The van der Waals surface area contributed by atoms with Crippen molar-refractivity contribution in [1.29, 1.82) is 0 Å². The van der Waals surface area contributed by atoms with Crippen molar-refractivity contribution in [2.45, 2.75) is 13.3 Å². The van der Waals surface area contributed by atoms with Crippen LogP contribution in [-0.2, 0) is 4.74 Å². The molecular formula is C30H32ClN3O4S. The van der Waals surface area contributed by atoms with Crippen LogP contribution in [0.25, 0.3) is 10.2 Å². The van der Waals surface area contributed by atoms with E-state index < -0.39 is 0 Å². The zero-order valence-corrected chi connectivity index (χ0v) is 23.5. The molecule has 0 N–H and O–H groups in total. The Morgan fingerprint density at radius 3 is 2.36 bits per heavy atom. The van der Waals surface area contributed by atoms with Gasteiger partial charge in [-0.15, -0.1) is 12.4 Å². The number of carbonyl (C=O) groups excluding carboxylic acids is 2. The third kappa shape index (κ3) is 6.83. The number of ketones is 1. The van der Waals surface area contributed by atoms with E-state index in [0.717, 1.165) is 55.2 Å². The molecular weight excluding hydrogens is 534 g/mol. The van der Waals surface area contributed by atoms with Crippen LogP contribution in [0.15, 0.2) is 72.8 Å². The van der Waals surface area contributed by atoms with Gasteiger partial charge in [-0.25, -0.2) is 4.98 Å². The smallest absolute Gasteiger partial charge is 0.260 e. The molecule has 204 valence electrons. The number of morpholine rings is 1. The van der Waals surface area contributed by atoms with Gasteiger partial charge in [0.15, 0.2) is 10.9 Å². The van der Waals surface area contributed by atoms with Crippen molar-refractivity contribution < 1.29 is 19.1 Å². The number of rotatable bonds is 10. The van der Waals surface area contributed by atoms with Crippen molar-refractivity contribution in [3.05, 3.63) is 89.5 Å². The van der Waals surface area contributed by atoms with Gasteiger partial charge >= 0.3 is 0 Å². The minimum Gasteiger partial charge on any atom is -0.492 e. The lowest BCUT2D eigenvalue weighted by molar-refractivity contribution is 0.0376. The predicted molar refractivity (Wildman–Crippen MR) is 158 cm³/mol. The summed E-state index contributed by atoms with van der Waals surface area (Å²) < 4.78 is 12.2. The number of carbonyl (C=O) groups is 2. The number of benzene rings is 3. The van der Waals surface area contributed by atoms with Gasteiger partial charge in [-0.2, -0.15) is 0 Å². The molecule has 0 atom stereocenters. The Morgan fingerprint density at radius 1 is 0.949 bits per heavy atom. The number of aromatic nitrogens is 1. The summed E-state index contributed by atoms with van der Waals surface area (Å²) in [7, 11) is 0. The van der Waals surface area contributed by atoms with Crippen molar-refractivity contribution in [1.82, 2.24) is 9.88 Å². The molecule has 0 saturated carbocycles. The summed E-state index contributed by atoms with van der Waals surface area (Å²) in [4.78, 5) is 35.6. The zero-order chi connectivity index (χ0) is 26.3. The third-order valence-electron chi connectivity index (χ3n) is 6.54. The van der Waals surface area contributed by atoms with Crippen LogP contribution in [0, 0.1) is 0 Å². The maximum absolute atomic E-state index is 13.8. The van der Waals surface area contributed by atoms with E-state index in [0.29, 0.717) is 35.0 Å². The molecule has 1 aliphatic heterocycles. The number of halogens is 1. The third-order valence-corrected chi connectivity index (χ3v) is 7.58. The standard InChI is InChI=1S/C30H31N3O4S.ClH/c1-2-37-25-10-6-11-26-27(25)31-30(38-26)33(17-7-16-32-18-20-36-21-19-32)29(35)24-14-12-23(13-15-24)28(34)22-8-4-3-5-9-22;/h3-6,8-15H,2,7,16-21H2,1H3;1H. The van der Waals surface area contributed by atoms with Crippen molar-refractivity contribution >= 4 is 50.8 Å². The highest BCUT2D eigenvalue weighted by molar-refractivity contribution is 7.22. The summed E-state index contributed by atoms with van der Waals surface area (Å²) in [5.41, 5.74) is 2.46. The Bertz CT molecular complexity index is 1390. The van der Waals surface area contributed by atoms with Gasteiger partial charge in [-0.1, -0.05) is 59.9 Å². The molecule has 1 fully saturated rings. The molecule has 0 spiro atoms. The number of thiazole rings is 1. The van der Waals surface area contributed by atoms with Crippen LogP contribution in [0.3, 0.4) is 0 Å². The second-order valence-corrected chi connectivity index (χ2v) is 10.1. The Balaban J connectivity index is 0.00000353. The SMILES string of the molecule is CCOc1cccc2sc(N(CCCN3CCOCC3)C(=O)c3ccc(C(=O)c4ccccc4)cc3)nc12.Cl. The van der Waals surface area contributed by atoms with E-state index in [9.17, 15) is 9.59 Å². The fraction of sp³-hybridized carbons (Fsp3) is 0.300. The van der Waals surface area contributed by atoms with Gasteiger partial charge in [0.25, 0.3) is 5.91 Å². The first-order chi connectivity index (χ1) is 18.6. The average molecular weight is 566 g/mol. The second-order valence-electron chi connectivity index (χ2n) is 9.07. The lowest BCUT2D eigenvalue weighted by atomic mass is 10.0. The van der Waals surface area contributed by atoms with Crippen molar-refractivity contribution in [3.63, 3.8) is 0 Å². The molecule has 0 radical (unpaired) electrons. The molecule has 0 unspecified atom stereocenters. The molecule has 39 heavy (non-hydrogen) atoms. The molecule has 2 heterocycles. The van der Waals surface area contributed by atoms with Crippen LogP contribution in [0.1, 0.15) is 39.6 Å². The summed E-state index contributed by atoms with van der Waals surface area (Å²) in [6.45, 7) is 7.20. The van der Waals surface area contributed by atoms with E-state index in [1.165, 1.54) is 11.3 Å². The number of anilines is 1. The van der Waals surface area contributed by atoms with E-state index in [-0.39, 0.29) is 24.1 Å². The van der Waals surface area contributed by atoms with Gasteiger partial charge in [0.2, 0.25) is 0 Å². The Labute approximate surface area is 238 Å². The van der Waals surface area contributed by atoms with Crippen molar-refractivity contribution in [2.24, 2.45) is 0 Å². The first kappa shape index (κ1) is 28.7. The van der Waals surface area contributed by atoms with E-state index in [1.54, 1.807) is 41.3 Å². The number of nitrogens with zero attached hydrogens (tertiary/aromatic N) is 3. The quantitative estimate of drug-likeness (QED) is 0.229. The molecule has 1 amide bonds. The summed E-state index contributed by atoms with van der Waals surface area (Å²) in [6, 6.07) is 21.9. The molecule has 7 nitrogen and oxygen atoms in total. The number of hydrogen-bond donors (Lipinski definition) is 0. The van der Waals surface area contributed by atoms with Crippen LogP contribution in [0.5, 0.6) is 5.75 Å². The second kappa shape index (κ2) is 13.7. The van der Waals surface area contributed by atoms with Crippen molar-refractivity contribution in [3.8, 4) is 5.75 Å². The van der Waals surface area contributed by atoms with E-state index in [4.69, 9.17) is 14.5 Å². The minimum atomic E-state index is -0.136. The number of fused-ring (bicyclic) bond motifs is 1. The van der Waals surface area contributed by atoms with Crippen LogP contribution in [0.2, 0.25) is 0 Å². The summed E-state index contributed by atoms with van der Waals surface area (Å²) >= 11 is 1.49.